The summed E-state index contributed by atoms with van der Waals surface area (Å²) >= 11 is 0. The summed E-state index contributed by atoms with van der Waals surface area (Å²) in [6.07, 6.45) is 4.82. The number of aromatic nitrogens is 2. The van der Waals surface area contributed by atoms with Gasteiger partial charge in [-0.3, -0.25) is 9.59 Å². The number of benzene rings is 1. The Balaban J connectivity index is 1.55. The fourth-order valence-corrected chi connectivity index (χ4v) is 2.62. The molecule has 0 spiro atoms. The van der Waals surface area contributed by atoms with Gasteiger partial charge in [0.25, 0.3) is 0 Å². The standard InChI is InChI=1S/C16H17N3O3/c20-15(13-6-7-14(13)16(21)22)17-10-11-2-4-12(5-3-11)19-9-1-8-18-19/h1-5,8-9,13-14H,6-7,10H2,(H,17,20)(H,21,22). The average molecular weight is 299 g/mol. The van der Waals surface area contributed by atoms with Crippen LogP contribution < -0.4 is 5.32 Å². The number of carboxylic acid groups (broad SMARTS) is 1. The molecular weight excluding hydrogens is 282 g/mol. The number of carbonyl (C=O) groups is 2. The normalized spacial score (nSPS) is 20.2. The molecule has 2 atom stereocenters. The Morgan fingerprint density at radius 2 is 1.95 bits per heavy atom. The molecule has 3 rings (SSSR count). The van der Waals surface area contributed by atoms with Crippen molar-refractivity contribution in [1.29, 1.82) is 0 Å². The van der Waals surface area contributed by atoms with Crippen molar-refractivity contribution in [3.05, 3.63) is 48.3 Å². The first-order chi connectivity index (χ1) is 10.6. The Labute approximate surface area is 127 Å². The minimum Gasteiger partial charge on any atom is -0.481 e. The quantitative estimate of drug-likeness (QED) is 0.878. The zero-order valence-corrected chi connectivity index (χ0v) is 12.0. The van der Waals surface area contributed by atoms with Crippen molar-refractivity contribution in [2.75, 3.05) is 0 Å². The minimum absolute atomic E-state index is 0.171. The van der Waals surface area contributed by atoms with Crippen LogP contribution in [0.15, 0.2) is 42.7 Å². The number of rotatable bonds is 5. The first-order valence-electron chi connectivity index (χ1n) is 7.24. The van der Waals surface area contributed by atoms with Gasteiger partial charge in [0.2, 0.25) is 5.91 Å². The maximum absolute atomic E-state index is 12.0. The van der Waals surface area contributed by atoms with Crippen LogP contribution in [0.4, 0.5) is 0 Å². The van der Waals surface area contributed by atoms with Gasteiger partial charge in [0.05, 0.1) is 17.5 Å². The summed E-state index contributed by atoms with van der Waals surface area (Å²) in [4.78, 5) is 22.9. The summed E-state index contributed by atoms with van der Waals surface area (Å²) in [5.74, 6) is -1.96. The molecule has 2 N–H and O–H groups in total. The van der Waals surface area contributed by atoms with Crippen molar-refractivity contribution in [1.82, 2.24) is 15.1 Å². The van der Waals surface area contributed by atoms with E-state index in [0.717, 1.165) is 11.3 Å². The van der Waals surface area contributed by atoms with Crippen molar-refractivity contribution in [2.24, 2.45) is 11.8 Å². The lowest BCUT2D eigenvalue weighted by Crippen LogP contribution is -2.43. The third-order valence-corrected chi connectivity index (χ3v) is 4.10. The van der Waals surface area contributed by atoms with Crippen LogP contribution in [-0.2, 0) is 16.1 Å². The molecule has 1 fully saturated rings. The van der Waals surface area contributed by atoms with Crippen molar-refractivity contribution >= 4 is 11.9 Å². The maximum atomic E-state index is 12.0. The highest BCUT2D eigenvalue weighted by molar-refractivity contribution is 5.86. The van der Waals surface area contributed by atoms with Gasteiger partial charge < -0.3 is 10.4 Å². The Bertz CT molecular complexity index is 664. The Hall–Kier alpha value is -2.63. The molecule has 6 nitrogen and oxygen atoms in total. The van der Waals surface area contributed by atoms with E-state index in [4.69, 9.17) is 5.11 Å². The number of nitrogens with zero attached hydrogens (tertiary/aromatic N) is 2. The zero-order chi connectivity index (χ0) is 15.5. The van der Waals surface area contributed by atoms with Gasteiger partial charge in [-0.1, -0.05) is 12.1 Å². The molecule has 1 aromatic heterocycles. The zero-order valence-electron chi connectivity index (χ0n) is 12.0. The molecule has 1 aromatic carbocycles. The molecule has 0 bridgehead atoms. The predicted molar refractivity (Wildman–Crippen MR) is 79.3 cm³/mol. The van der Waals surface area contributed by atoms with Crippen LogP contribution in [0.2, 0.25) is 0 Å². The van der Waals surface area contributed by atoms with Gasteiger partial charge in [-0.05, 0) is 36.6 Å². The monoisotopic (exact) mass is 299 g/mol. The number of carbonyl (C=O) groups excluding carboxylic acids is 1. The van der Waals surface area contributed by atoms with E-state index in [1.54, 1.807) is 10.9 Å². The molecule has 1 amide bonds. The Morgan fingerprint density at radius 1 is 1.23 bits per heavy atom. The van der Waals surface area contributed by atoms with E-state index >= 15 is 0 Å². The third kappa shape index (κ3) is 2.86. The third-order valence-electron chi connectivity index (χ3n) is 4.10. The number of aliphatic carboxylic acids is 1. The highest BCUT2D eigenvalue weighted by atomic mass is 16.4. The van der Waals surface area contributed by atoms with E-state index in [-0.39, 0.29) is 11.8 Å². The molecule has 114 valence electrons. The highest BCUT2D eigenvalue weighted by Gasteiger charge is 2.41. The fourth-order valence-electron chi connectivity index (χ4n) is 2.62. The molecule has 1 aliphatic rings. The minimum atomic E-state index is -0.880. The van der Waals surface area contributed by atoms with Crippen LogP contribution in [-0.4, -0.2) is 26.8 Å². The highest BCUT2D eigenvalue weighted by Crippen LogP contribution is 2.34. The number of hydrogen-bond donors (Lipinski definition) is 2. The van der Waals surface area contributed by atoms with Gasteiger partial charge in [0.1, 0.15) is 0 Å². The second kappa shape index (κ2) is 6.01. The van der Waals surface area contributed by atoms with Gasteiger partial charge in [-0.15, -0.1) is 0 Å². The molecule has 22 heavy (non-hydrogen) atoms. The van der Waals surface area contributed by atoms with Crippen LogP contribution in [0, 0.1) is 11.8 Å². The van der Waals surface area contributed by atoms with E-state index in [1.165, 1.54) is 0 Å². The molecule has 0 radical (unpaired) electrons. The smallest absolute Gasteiger partial charge is 0.307 e. The molecule has 2 aromatic rings. The molecule has 0 saturated heterocycles. The Kier molecular flexibility index (Phi) is 3.91. The van der Waals surface area contributed by atoms with E-state index in [9.17, 15) is 9.59 Å². The molecule has 1 heterocycles. The molecule has 1 saturated carbocycles. The number of amides is 1. The lowest BCUT2D eigenvalue weighted by molar-refractivity contribution is -0.152. The van der Waals surface area contributed by atoms with Crippen molar-refractivity contribution in [2.45, 2.75) is 19.4 Å². The number of nitrogens with one attached hydrogen (secondary N) is 1. The van der Waals surface area contributed by atoms with Gasteiger partial charge in [0, 0.05) is 18.9 Å². The first kappa shape index (κ1) is 14.3. The summed E-state index contributed by atoms with van der Waals surface area (Å²) in [6.45, 7) is 0.404. The van der Waals surface area contributed by atoms with Gasteiger partial charge in [0.15, 0.2) is 0 Å². The number of carboxylic acids is 1. The molecule has 6 heteroatoms. The topological polar surface area (TPSA) is 84.2 Å². The second-order valence-electron chi connectivity index (χ2n) is 5.46. The lowest BCUT2D eigenvalue weighted by atomic mass is 9.73. The van der Waals surface area contributed by atoms with Gasteiger partial charge in [-0.25, -0.2) is 4.68 Å². The van der Waals surface area contributed by atoms with E-state index in [2.05, 4.69) is 10.4 Å². The molecule has 2 unspecified atom stereocenters. The fraction of sp³-hybridized carbons (Fsp3) is 0.312. The number of hydrogen-bond acceptors (Lipinski definition) is 3. The summed E-state index contributed by atoms with van der Waals surface area (Å²) in [5.41, 5.74) is 1.92. The first-order valence-corrected chi connectivity index (χ1v) is 7.24. The molecule has 0 aliphatic heterocycles. The molecule has 1 aliphatic carbocycles. The van der Waals surface area contributed by atoms with Crippen molar-refractivity contribution in [3.8, 4) is 5.69 Å². The summed E-state index contributed by atoms with van der Waals surface area (Å²) in [7, 11) is 0. The summed E-state index contributed by atoms with van der Waals surface area (Å²) in [6, 6.07) is 9.56. The largest absolute Gasteiger partial charge is 0.481 e. The summed E-state index contributed by atoms with van der Waals surface area (Å²) < 4.78 is 1.76. The summed E-state index contributed by atoms with van der Waals surface area (Å²) in [5, 5.41) is 15.9. The van der Waals surface area contributed by atoms with Crippen LogP contribution in [0.1, 0.15) is 18.4 Å². The second-order valence-corrected chi connectivity index (χ2v) is 5.46. The average Bonchev–Trinajstić information content (AvgIpc) is 2.98. The van der Waals surface area contributed by atoms with Crippen LogP contribution in [0.3, 0.4) is 0 Å². The molecular formula is C16H17N3O3. The SMILES string of the molecule is O=C(O)C1CCC1C(=O)NCc1ccc(-n2cccn2)cc1. The van der Waals surface area contributed by atoms with Crippen molar-refractivity contribution < 1.29 is 14.7 Å². The van der Waals surface area contributed by atoms with E-state index in [1.807, 2.05) is 36.5 Å². The van der Waals surface area contributed by atoms with E-state index in [0.29, 0.717) is 19.4 Å². The maximum Gasteiger partial charge on any atom is 0.307 e. The van der Waals surface area contributed by atoms with Crippen LogP contribution >= 0.6 is 0 Å². The van der Waals surface area contributed by atoms with Crippen LogP contribution in [0.25, 0.3) is 5.69 Å². The Morgan fingerprint density at radius 3 is 2.50 bits per heavy atom. The van der Waals surface area contributed by atoms with Crippen molar-refractivity contribution in [3.63, 3.8) is 0 Å². The van der Waals surface area contributed by atoms with Gasteiger partial charge in [-0.2, -0.15) is 5.10 Å². The lowest BCUT2D eigenvalue weighted by Gasteiger charge is -2.31. The van der Waals surface area contributed by atoms with E-state index < -0.39 is 11.9 Å². The van der Waals surface area contributed by atoms with Gasteiger partial charge >= 0.3 is 5.97 Å². The predicted octanol–water partition coefficient (Wildman–Crippen LogP) is 1.60. The van der Waals surface area contributed by atoms with Crippen LogP contribution in [0.5, 0.6) is 0 Å².